The molecule has 7 nitrogen and oxygen atoms in total. The largest absolute Gasteiger partial charge is 0.465 e. The smallest absolute Gasteiger partial charge is 0.340 e. The van der Waals surface area contributed by atoms with Gasteiger partial charge >= 0.3 is 5.97 Å². The van der Waals surface area contributed by atoms with Crippen LogP contribution in [-0.4, -0.2) is 30.9 Å². The number of methoxy groups -OCH3 is 1. The van der Waals surface area contributed by atoms with E-state index in [-0.39, 0.29) is 18.2 Å². The summed E-state index contributed by atoms with van der Waals surface area (Å²) in [5.74, 6) is -1.14. The number of nitrogens with one attached hydrogen (secondary N) is 3. The minimum absolute atomic E-state index is 0.0598. The third-order valence-electron chi connectivity index (χ3n) is 4.44. The summed E-state index contributed by atoms with van der Waals surface area (Å²) in [6.07, 6.45) is -0.0598. The average molecular weight is 387 g/mol. The molecular formula is C19H21N3O4S. The van der Waals surface area contributed by atoms with Crippen molar-refractivity contribution in [1.29, 1.82) is 0 Å². The Labute approximate surface area is 161 Å². The summed E-state index contributed by atoms with van der Waals surface area (Å²) in [6.45, 7) is 5.80. The lowest BCUT2D eigenvalue weighted by atomic mass is 10.0. The Kier molecular flexibility index (Phi) is 5.18. The van der Waals surface area contributed by atoms with Gasteiger partial charge in [0, 0.05) is 4.88 Å². The quantitative estimate of drug-likeness (QED) is 0.700. The van der Waals surface area contributed by atoms with E-state index in [1.54, 1.807) is 6.07 Å². The topological polar surface area (TPSA) is 96.5 Å². The van der Waals surface area contributed by atoms with E-state index in [0.717, 1.165) is 21.7 Å². The molecule has 0 unspecified atom stereocenters. The number of amides is 2. The first-order chi connectivity index (χ1) is 12.8. The highest BCUT2D eigenvalue weighted by Crippen LogP contribution is 2.31. The molecule has 1 aromatic heterocycles. The van der Waals surface area contributed by atoms with Crippen molar-refractivity contribution in [2.75, 3.05) is 23.1 Å². The Morgan fingerprint density at radius 2 is 1.81 bits per heavy atom. The maximum Gasteiger partial charge on any atom is 0.340 e. The lowest BCUT2D eigenvalue weighted by molar-refractivity contribution is -0.122. The van der Waals surface area contributed by atoms with Crippen molar-refractivity contribution in [2.24, 2.45) is 0 Å². The predicted molar refractivity (Wildman–Crippen MR) is 106 cm³/mol. The minimum Gasteiger partial charge on any atom is -0.465 e. The molecule has 1 atom stereocenters. The van der Waals surface area contributed by atoms with Crippen LogP contribution in [0, 0.1) is 20.8 Å². The van der Waals surface area contributed by atoms with E-state index in [4.69, 9.17) is 4.74 Å². The van der Waals surface area contributed by atoms with Crippen LogP contribution >= 0.6 is 11.3 Å². The Balaban J connectivity index is 1.72. The molecule has 0 saturated carbocycles. The van der Waals surface area contributed by atoms with Gasteiger partial charge in [0.25, 0.3) is 0 Å². The highest BCUT2D eigenvalue weighted by Gasteiger charge is 2.28. The first-order valence-electron chi connectivity index (χ1n) is 8.45. The third kappa shape index (κ3) is 3.95. The lowest BCUT2D eigenvalue weighted by Gasteiger charge is -2.27. The summed E-state index contributed by atoms with van der Waals surface area (Å²) >= 11 is 1.29. The number of carbonyl (C=O) groups is 3. The van der Waals surface area contributed by atoms with E-state index in [9.17, 15) is 14.4 Å². The van der Waals surface area contributed by atoms with Gasteiger partial charge in [0.15, 0.2) is 0 Å². The molecule has 0 fully saturated rings. The number of esters is 1. The number of rotatable bonds is 4. The molecule has 1 aliphatic rings. The van der Waals surface area contributed by atoms with Crippen molar-refractivity contribution < 1.29 is 19.1 Å². The van der Waals surface area contributed by atoms with Crippen molar-refractivity contribution in [3.8, 4) is 0 Å². The molecule has 0 radical (unpaired) electrons. The Bertz CT molecular complexity index is 935. The summed E-state index contributed by atoms with van der Waals surface area (Å²) < 4.78 is 4.74. The molecule has 3 rings (SSSR count). The van der Waals surface area contributed by atoms with Crippen LogP contribution in [-0.2, 0) is 14.3 Å². The van der Waals surface area contributed by atoms with Crippen molar-refractivity contribution >= 4 is 45.5 Å². The summed E-state index contributed by atoms with van der Waals surface area (Å²) in [4.78, 5) is 37.5. The number of ether oxygens (including phenoxy) is 1. The van der Waals surface area contributed by atoms with Crippen LogP contribution in [0.15, 0.2) is 18.2 Å². The zero-order valence-corrected chi connectivity index (χ0v) is 16.4. The zero-order valence-electron chi connectivity index (χ0n) is 15.6. The van der Waals surface area contributed by atoms with Crippen molar-refractivity contribution in [1.82, 2.24) is 0 Å². The van der Waals surface area contributed by atoms with Gasteiger partial charge in [-0.1, -0.05) is 0 Å². The van der Waals surface area contributed by atoms with Crippen LogP contribution in [0.2, 0.25) is 0 Å². The standard InChI is InChI=1S/C19H21N3O4S/c1-9-5-13-14(6-10(9)2)21-17(24)15(20-13)8-16(23)22-18-12(19(25)26-4)7-11(3)27-18/h5-7,15,20H,8H2,1-4H3,(H,21,24)(H,22,23)/t15-/m0/s1. The number of hydrogen-bond donors (Lipinski definition) is 3. The third-order valence-corrected chi connectivity index (χ3v) is 5.41. The van der Waals surface area contributed by atoms with Crippen LogP contribution in [0.5, 0.6) is 0 Å². The monoisotopic (exact) mass is 387 g/mol. The van der Waals surface area contributed by atoms with E-state index in [1.807, 2.05) is 32.9 Å². The molecule has 0 saturated heterocycles. The second-order valence-corrected chi connectivity index (χ2v) is 7.77. The lowest BCUT2D eigenvalue weighted by Crippen LogP contribution is -2.41. The van der Waals surface area contributed by atoms with Crippen LogP contribution in [0.25, 0.3) is 0 Å². The van der Waals surface area contributed by atoms with Gasteiger partial charge in [-0.15, -0.1) is 11.3 Å². The fourth-order valence-corrected chi connectivity index (χ4v) is 3.80. The molecule has 1 aliphatic heterocycles. The van der Waals surface area contributed by atoms with Gasteiger partial charge in [-0.05, 0) is 50.1 Å². The van der Waals surface area contributed by atoms with Crippen molar-refractivity contribution in [3.05, 3.63) is 39.8 Å². The van der Waals surface area contributed by atoms with Crippen molar-refractivity contribution in [3.63, 3.8) is 0 Å². The van der Waals surface area contributed by atoms with Gasteiger partial charge < -0.3 is 20.7 Å². The number of aryl methyl sites for hydroxylation is 3. The molecule has 2 amide bonds. The van der Waals surface area contributed by atoms with Gasteiger partial charge in [-0.25, -0.2) is 4.79 Å². The maximum atomic E-state index is 12.5. The molecule has 27 heavy (non-hydrogen) atoms. The molecule has 142 valence electrons. The molecule has 0 spiro atoms. The van der Waals surface area contributed by atoms with Crippen LogP contribution < -0.4 is 16.0 Å². The van der Waals surface area contributed by atoms with Gasteiger partial charge in [-0.2, -0.15) is 0 Å². The van der Waals surface area contributed by atoms with Gasteiger partial charge in [-0.3, -0.25) is 9.59 Å². The van der Waals surface area contributed by atoms with Gasteiger partial charge in [0.2, 0.25) is 11.8 Å². The van der Waals surface area contributed by atoms with Crippen molar-refractivity contribution in [2.45, 2.75) is 33.2 Å². The molecular weight excluding hydrogens is 366 g/mol. The number of thiophene rings is 1. The highest BCUT2D eigenvalue weighted by molar-refractivity contribution is 7.16. The average Bonchev–Trinajstić information content (AvgIpc) is 2.97. The van der Waals surface area contributed by atoms with Gasteiger partial charge in [0.05, 0.1) is 30.5 Å². The van der Waals surface area contributed by atoms with E-state index in [2.05, 4.69) is 16.0 Å². The normalized spacial score (nSPS) is 15.4. The Hall–Kier alpha value is -2.87. The van der Waals surface area contributed by atoms with Crippen LogP contribution in [0.3, 0.4) is 0 Å². The summed E-state index contributed by atoms with van der Waals surface area (Å²) in [5.41, 5.74) is 3.98. The number of fused-ring (bicyclic) bond motifs is 1. The molecule has 0 bridgehead atoms. The van der Waals surface area contributed by atoms with Crippen LogP contribution in [0.4, 0.5) is 16.4 Å². The van der Waals surface area contributed by atoms with E-state index in [1.165, 1.54) is 18.4 Å². The SMILES string of the molecule is COC(=O)c1cc(C)sc1NC(=O)C[C@@H]1Nc2cc(C)c(C)cc2NC1=O. The number of anilines is 3. The number of hydrogen-bond acceptors (Lipinski definition) is 6. The Morgan fingerprint density at radius 1 is 1.15 bits per heavy atom. The minimum atomic E-state index is -0.692. The molecule has 2 heterocycles. The first kappa shape index (κ1) is 18.9. The van der Waals surface area contributed by atoms with E-state index < -0.39 is 12.0 Å². The molecule has 3 N–H and O–H groups in total. The van der Waals surface area contributed by atoms with E-state index in [0.29, 0.717) is 16.3 Å². The molecule has 0 aliphatic carbocycles. The fourth-order valence-electron chi connectivity index (χ4n) is 2.89. The van der Waals surface area contributed by atoms with E-state index >= 15 is 0 Å². The fraction of sp³-hybridized carbons (Fsp3) is 0.316. The number of benzene rings is 1. The summed E-state index contributed by atoms with van der Waals surface area (Å²) in [5, 5.41) is 9.10. The maximum absolute atomic E-state index is 12.5. The zero-order chi connectivity index (χ0) is 19.7. The molecule has 8 heteroatoms. The molecule has 2 aromatic rings. The second-order valence-electron chi connectivity index (χ2n) is 6.51. The molecule has 1 aromatic carbocycles. The second kappa shape index (κ2) is 7.40. The Morgan fingerprint density at radius 3 is 2.48 bits per heavy atom. The highest BCUT2D eigenvalue weighted by atomic mass is 32.1. The summed E-state index contributed by atoms with van der Waals surface area (Å²) in [6, 6.07) is 4.83. The number of carbonyl (C=O) groups excluding carboxylic acids is 3. The van der Waals surface area contributed by atoms with Crippen LogP contribution in [0.1, 0.15) is 32.8 Å². The first-order valence-corrected chi connectivity index (χ1v) is 9.27. The van der Waals surface area contributed by atoms with Gasteiger partial charge in [0.1, 0.15) is 11.0 Å². The summed E-state index contributed by atoms with van der Waals surface area (Å²) in [7, 11) is 1.29. The predicted octanol–water partition coefficient (Wildman–Crippen LogP) is 3.22.